The van der Waals surface area contributed by atoms with Crippen molar-refractivity contribution in [2.75, 3.05) is 6.61 Å². The second kappa shape index (κ2) is 10.4. The number of rotatable bonds is 8. The molecule has 4 rings (SSSR count). The fourth-order valence-electron chi connectivity index (χ4n) is 4.34. The van der Waals surface area contributed by atoms with E-state index in [0.717, 1.165) is 16.7 Å². The van der Waals surface area contributed by atoms with Crippen LogP contribution in [0.25, 0.3) is 11.1 Å². The van der Waals surface area contributed by atoms with Gasteiger partial charge < -0.3 is 20.5 Å². The van der Waals surface area contributed by atoms with Gasteiger partial charge in [0.05, 0.1) is 0 Å². The van der Waals surface area contributed by atoms with Crippen molar-refractivity contribution in [1.82, 2.24) is 10.6 Å². The topological polar surface area (TPSA) is 105 Å². The smallest absolute Gasteiger partial charge is 0.407 e. The Labute approximate surface area is 204 Å². The van der Waals surface area contributed by atoms with Gasteiger partial charge in [0.1, 0.15) is 12.6 Å². The van der Waals surface area contributed by atoms with Crippen molar-refractivity contribution in [3.63, 3.8) is 0 Å². The van der Waals surface area contributed by atoms with Crippen molar-refractivity contribution < 1.29 is 24.2 Å². The molecular formula is C28H28N2O5. The third-order valence-corrected chi connectivity index (χ3v) is 6.22. The van der Waals surface area contributed by atoms with E-state index < -0.39 is 24.0 Å². The van der Waals surface area contributed by atoms with Crippen LogP contribution in [0.3, 0.4) is 0 Å². The van der Waals surface area contributed by atoms with Gasteiger partial charge >= 0.3 is 12.1 Å². The summed E-state index contributed by atoms with van der Waals surface area (Å²) in [5.41, 5.74) is 5.78. The molecule has 0 unspecified atom stereocenters. The molecule has 0 saturated carbocycles. The lowest BCUT2D eigenvalue weighted by atomic mass is 9.98. The highest BCUT2D eigenvalue weighted by Crippen LogP contribution is 2.44. The van der Waals surface area contributed by atoms with Crippen LogP contribution in [0.1, 0.15) is 46.8 Å². The van der Waals surface area contributed by atoms with Gasteiger partial charge in [0.25, 0.3) is 5.91 Å². The molecule has 0 aliphatic heterocycles. The van der Waals surface area contributed by atoms with Crippen LogP contribution in [0.15, 0.2) is 72.8 Å². The van der Waals surface area contributed by atoms with E-state index in [0.29, 0.717) is 5.56 Å². The van der Waals surface area contributed by atoms with E-state index in [9.17, 15) is 19.5 Å². The van der Waals surface area contributed by atoms with Crippen molar-refractivity contribution >= 4 is 18.0 Å². The summed E-state index contributed by atoms with van der Waals surface area (Å²) in [6, 6.07) is 22.0. The van der Waals surface area contributed by atoms with E-state index in [-0.39, 0.29) is 25.0 Å². The Kier molecular flexibility index (Phi) is 7.15. The van der Waals surface area contributed by atoms with E-state index in [2.05, 4.69) is 34.9 Å². The van der Waals surface area contributed by atoms with E-state index in [4.69, 9.17) is 4.74 Å². The van der Waals surface area contributed by atoms with Crippen LogP contribution < -0.4 is 10.6 Å². The lowest BCUT2D eigenvalue weighted by molar-refractivity contribution is -0.140. The largest absolute Gasteiger partial charge is 0.480 e. The molecule has 3 aromatic carbocycles. The number of carbonyl (C=O) groups is 3. The number of aliphatic carboxylic acids is 1. The Hall–Kier alpha value is -4.13. The summed E-state index contributed by atoms with van der Waals surface area (Å²) in [6.45, 7) is 3.94. The summed E-state index contributed by atoms with van der Waals surface area (Å²) in [4.78, 5) is 36.0. The molecule has 0 bridgehead atoms. The second-order valence-corrected chi connectivity index (χ2v) is 8.91. The Morgan fingerprint density at radius 2 is 1.46 bits per heavy atom. The number of carboxylic acid groups (broad SMARTS) is 1. The molecule has 0 fully saturated rings. The molecule has 2 amide bonds. The van der Waals surface area contributed by atoms with Gasteiger partial charge in [0.2, 0.25) is 0 Å². The maximum absolute atomic E-state index is 12.4. The van der Waals surface area contributed by atoms with Gasteiger partial charge in [-0.25, -0.2) is 9.59 Å². The average Bonchev–Trinajstić information content (AvgIpc) is 3.18. The number of nitrogens with one attached hydrogen (secondary N) is 2. The van der Waals surface area contributed by atoms with Gasteiger partial charge in [0.15, 0.2) is 0 Å². The predicted octanol–water partition coefficient (Wildman–Crippen LogP) is 4.56. The third-order valence-electron chi connectivity index (χ3n) is 6.22. The minimum absolute atomic E-state index is 0.00795. The molecule has 1 aliphatic carbocycles. The maximum Gasteiger partial charge on any atom is 0.407 e. The van der Waals surface area contributed by atoms with Crippen LogP contribution in [0, 0.1) is 5.92 Å². The fourth-order valence-corrected chi connectivity index (χ4v) is 4.34. The third kappa shape index (κ3) is 5.35. The number of carboxylic acids is 1. The monoisotopic (exact) mass is 472 g/mol. The van der Waals surface area contributed by atoms with Crippen LogP contribution in [-0.4, -0.2) is 35.7 Å². The zero-order valence-electron chi connectivity index (χ0n) is 19.7. The van der Waals surface area contributed by atoms with E-state index >= 15 is 0 Å². The summed E-state index contributed by atoms with van der Waals surface area (Å²) in [6.07, 6.45) is -0.519. The summed E-state index contributed by atoms with van der Waals surface area (Å²) in [5.74, 6) is -1.78. The quantitative estimate of drug-likeness (QED) is 0.446. The zero-order valence-corrected chi connectivity index (χ0v) is 19.7. The highest BCUT2D eigenvalue weighted by Gasteiger charge is 2.29. The Morgan fingerprint density at radius 1 is 0.886 bits per heavy atom. The summed E-state index contributed by atoms with van der Waals surface area (Å²) < 4.78 is 5.54. The van der Waals surface area contributed by atoms with Gasteiger partial charge in [-0.15, -0.1) is 0 Å². The highest BCUT2D eigenvalue weighted by molar-refractivity contribution is 5.96. The SMILES string of the molecule is CC(C)[C@@H](NC(=O)c1ccc(CNC(=O)OCC2c3ccccc3-c3ccccc32)cc1)C(=O)O. The molecule has 3 aromatic rings. The highest BCUT2D eigenvalue weighted by atomic mass is 16.5. The number of hydrogen-bond donors (Lipinski definition) is 3. The van der Waals surface area contributed by atoms with Gasteiger partial charge in [-0.2, -0.15) is 0 Å². The average molecular weight is 473 g/mol. The molecule has 1 atom stereocenters. The lowest BCUT2D eigenvalue weighted by Gasteiger charge is -2.18. The molecule has 180 valence electrons. The van der Waals surface area contributed by atoms with Gasteiger partial charge in [-0.05, 0) is 45.9 Å². The minimum Gasteiger partial charge on any atom is -0.480 e. The van der Waals surface area contributed by atoms with Crippen LogP contribution in [0.2, 0.25) is 0 Å². The Balaban J connectivity index is 1.30. The molecule has 0 heterocycles. The van der Waals surface area contributed by atoms with Crippen LogP contribution in [0.4, 0.5) is 4.79 Å². The Bertz CT molecular complexity index is 1190. The first-order valence-corrected chi connectivity index (χ1v) is 11.6. The molecule has 1 aliphatic rings. The molecule has 7 heteroatoms. The summed E-state index contributed by atoms with van der Waals surface area (Å²) >= 11 is 0. The minimum atomic E-state index is -1.07. The first-order chi connectivity index (χ1) is 16.8. The molecular weight excluding hydrogens is 444 g/mol. The lowest BCUT2D eigenvalue weighted by Crippen LogP contribution is -2.44. The van der Waals surface area contributed by atoms with Gasteiger partial charge in [-0.1, -0.05) is 74.5 Å². The molecule has 0 saturated heterocycles. The number of amides is 2. The molecule has 0 spiro atoms. The molecule has 0 aromatic heterocycles. The second-order valence-electron chi connectivity index (χ2n) is 8.91. The van der Waals surface area contributed by atoms with E-state index in [1.54, 1.807) is 38.1 Å². The van der Waals surface area contributed by atoms with Crippen LogP contribution in [0.5, 0.6) is 0 Å². The van der Waals surface area contributed by atoms with Crippen molar-refractivity contribution in [2.45, 2.75) is 32.4 Å². The van der Waals surface area contributed by atoms with Crippen molar-refractivity contribution in [3.8, 4) is 11.1 Å². The fraction of sp³-hybridized carbons (Fsp3) is 0.250. The van der Waals surface area contributed by atoms with Crippen molar-refractivity contribution in [1.29, 1.82) is 0 Å². The maximum atomic E-state index is 12.4. The number of benzene rings is 3. The number of carbonyl (C=O) groups excluding carboxylic acids is 2. The van der Waals surface area contributed by atoms with Crippen molar-refractivity contribution in [2.24, 2.45) is 5.92 Å². The number of ether oxygens (including phenoxy) is 1. The molecule has 3 N–H and O–H groups in total. The number of alkyl carbamates (subject to hydrolysis) is 1. The standard InChI is InChI=1S/C28H28N2O5/c1-17(2)25(27(32)33)30-26(31)19-13-11-18(12-14-19)15-29-28(34)35-16-24-22-9-5-3-7-20(22)21-8-4-6-10-23(21)24/h3-14,17,24-25H,15-16H2,1-2H3,(H,29,34)(H,30,31)(H,32,33)/t25-/m1/s1. The van der Waals surface area contributed by atoms with Crippen LogP contribution >= 0.6 is 0 Å². The van der Waals surface area contributed by atoms with Gasteiger partial charge in [-0.3, -0.25) is 4.79 Å². The van der Waals surface area contributed by atoms with Gasteiger partial charge in [0, 0.05) is 18.0 Å². The zero-order chi connectivity index (χ0) is 24.9. The normalized spacial score (nSPS) is 13.0. The Morgan fingerprint density at radius 3 is 2.00 bits per heavy atom. The number of hydrogen-bond acceptors (Lipinski definition) is 4. The summed E-state index contributed by atoms with van der Waals surface area (Å²) in [7, 11) is 0. The predicted molar refractivity (Wildman–Crippen MR) is 132 cm³/mol. The van der Waals surface area contributed by atoms with Crippen molar-refractivity contribution in [3.05, 3.63) is 95.1 Å². The summed E-state index contributed by atoms with van der Waals surface area (Å²) in [5, 5.41) is 14.5. The van der Waals surface area contributed by atoms with Crippen LogP contribution in [-0.2, 0) is 16.1 Å². The molecule has 7 nitrogen and oxygen atoms in total. The first kappa shape index (κ1) is 24.0. The molecule has 0 radical (unpaired) electrons. The van der Waals surface area contributed by atoms with E-state index in [1.165, 1.54) is 11.1 Å². The molecule has 35 heavy (non-hydrogen) atoms. The first-order valence-electron chi connectivity index (χ1n) is 11.6. The number of fused-ring (bicyclic) bond motifs is 3. The van der Waals surface area contributed by atoms with E-state index in [1.807, 2.05) is 24.3 Å².